The van der Waals surface area contributed by atoms with Gasteiger partial charge in [0.05, 0.1) is 12.5 Å². The van der Waals surface area contributed by atoms with Crippen molar-refractivity contribution in [3.8, 4) is 0 Å². The van der Waals surface area contributed by atoms with Crippen LogP contribution in [-0.2, 0) is 16.0 Å². The first-order chi connectivity index (χ1) is 10.9. The molecular weight excluding hydrogens is 319 g/mol. The maximum absolute atomic E-state index is 13.1. The highest BCUT2D eigenvalue weighted by Crippen LogP contribution is 2.41. The fraction of sp³-hybridized carbons (Fsp3) is 0.529. The molecule has 0 spiro atoms. The molecule has 3 rings (SSSR count). The molecule has 6 heteroatoms. The minimum atomic E-state index is -0.416. The average Bonchev–Trinajstić information content (AvgIpc) is 3.23. The van der Waals surface area contributed by atoms with Crippen LogP contribution < -0.4 is 5.32 Å². The summed E-state index contributed by atoms with van der Waals surface area (Å²) in [6.45, 7) is 2.86. The van der Waals surface area contributed by atoms with Gasteiger partial charge in [-0.25, -0.2) is 4.39 Å². The predicted molar refractivity (Wildman–Crippen MR) is 85.5 cm³/mol. The number of halogens is 2. The number of nitrogens with zero attached hydrogens (tertiary/aromatic N) is 1. The number of carbonyl (C=O) groups excluding carboxylic acids is 2. The molecule has 1 aromatic rings. The van der Waals surface area contributed by atoms with E-state index in [9.17, 15) is 14.0 Å². The zero-order chi connectivity index (χ0) is 16.6. The van der Waals surface area contributed by atoms with Crippen LogP contribution in [0.2, 0.25) is 5.02 Å². The van der Waals surface area contributed by atoms with Crippen LogP contribution in [0.3, 0.4) is 0 Å². The Bertz CT molecular complexity index is 633. The van der Waals surface area contributed by atoms with Gasteiger partial charge in [-0.2, -0.15) is 0 Å². The minimum absolute atomic E-state index is 0.00174. The van der Waals surface area contributed by atoms with Gasteiger partial charge in [0.25, 0.3) is 0 Å². The fourth-order valence-electron chi connectivity index (χ4n) is 3.34. The Labute approximate surface area is 140 Å². The standard InChI is InChI=1S/C17H20ClFN2O2/c1-10(22)21-8-14(11-2-3-11)16(9-21)20-17(23)6-12-4-5-13(19)7-15(12)18/h4-5,7,11,14,16H,2-3,6,8-9H2,1H3,(H,20,23)/t14-,16+/m0/s1. The lowest BCUT2D eigenvalue weighted by atomic mass is 9.98. The van der Waals surface area contributed by atoms with Crippen LogP contribution in [0.1, 0.15) is 25.3 Å². The Morgan fingerprint density at radius 2 is 2.09 bits per heavy atom. The molecule has 0 unspecified atom stereocenters. The third-order valence-electron chi connectivity index (χ3n) is 4.75. The van der Waals surface area contributed by atoms with Crippen molar-refractivity contribution in [1.82, 2.24) is 10.2 Å². The summed E-state index contributed by atoms with van der Waals surface area (Å²) in [4.78, 5) is 25.7. The van der Waals surface area contributed by atoms with Crippen LogP contribution in [0.4, 0.5) is 4.39 Å². The van der Waals surface area contributed by atoms with Gasteiger partial charge in [-0.05, 0) is 36.5 Å². The quantitative estimate of drug-likeness (QED) is 0.916. The third-order valence-corrected chi connectivity index (χ3v) is 5.10. The summed E-state index contributed by atoms with van der Waals surface area (Å²) >= 11 is 5.97. The van der Waals surface area contributed by atoms with Crippen molar-refractivity contribution in [2.75, 3.05) is 13.1 Å². The van der Waals surface area contributed by atoms with Crippen molar-refractivity contribution in [2.45, 2.75) is 32.2 Å². The van der Waals surface area contributed by atoms with Crippen molar-refractivity contribution in [1.29, 1.82) is 0 Å². The Kier molecular flexibility index (Phi) is 4.57. The number of nitrogens with one attached hydrogen (secondary N) is 1. The maximum Gasteiger partial charge on any atom is 0.224 e. The summed E-state index contributed by atoms with van der Waals surface area (Å²) in [7, 11) is 0. The van der Waals surface area contributed by atoms with Crippen LogP contribution in [0.25, 0.3) is 0 Å². The first-order valence-electron chi connectivity index (χ1n) is 7.93. The second-order valence-electron chi connectivity index (χ2n) is 6.51. The molecule has 2 amide bonds. The maximum atomic E-state index is 13.1. The first-order valence-corrected chi connectivity index (χ1v) is 8.30. The smallest absolute Gasteiger partial charge is 0.224 e. The Balaban J connectivity index is 1.63. The molecule has 1 heterocycles. The topological polar surface area (TPSA) is 49.4 Å². The average molecular weight is 339 g/mol. The highest BCUT2D eigenvalue weighted by atomic mass is 35.5. The van der Waals surface area contributed by atoms with E-state index in [0.29, 0.717) is 23.9 Å². The largest absolute Gasteiger partial charge is 0.351 e. The highest BCUT2D eigenvalue weighted by Gasteiger charge is 2.43. The van der Waals surface area contributed by atoms with Gasteiger partial charge in [-0.15, -0.1) is 0 Å². The number of rotatable bonds is 4. The summed E-state index contributed by atoms with van der Waals surface area (Å²) in [6, 6.07) is 4.04. The molecule has 2 fully saturated rings. The molecule has 1 N–H and O–H groups in total. The first kappa shape index (κ1) is 16.2. The summed E-state index contributed by atoms with van der Waals surface area (Å²) in [6.07, 6.45) is 2.46. The van der Waals surface area contributed by atoms with Crippen molar-refractivity contribution in [3.63, 3.8) is 0 Å². The molecule has 1 aromatic carbocycles. The molecule has 124 valence electrons. The van der Waals surface area contributed by atoms with Crippen LogP contribution in [0.15, 0.2) is 18.2 Å². The van der Waals surface area contributed by atoms with Crippen molar-refractivity contribution in [3.05, 3.63) is 34.6 Å². The summed E-state index contributed by atoms with van der Waals surface area (Å²) in [5.74, 6) is 0.444. The number of likely N-dealkylation sites (tertiary alicyclic amines) is 1. The van der Waals surface area contributed by atoms with Gasteiger partial charge in [0.1, 0.15) is 5.82 Å². The van der Waals surface area contributed by atoms with Gasteiger partial charge >= 0.3 is 0 Å². The van der Waals surface area contributed by atoms with Gasteiger partial charge in [-0.1, -0.05) is 17.7 Å². The Morgan fingerprint density at radius 3 is 2.70 bits per heavy atom. The summed E-state index contributed by atoms with van der Waals surface area (Å²) < 4.78 is 13.1. The number of amides is 2. The van der Waals surface area contributed by atoms with E-state index in [4.69, 9.17) is 11.6 Å². The van der Waals surface area contributed by atoms with Crippen molar-refractivity contribution in [2.24, 2.45) is 11.8 Å². The fourth-order valence-corrected chi connectivity index (χ4v) is 3.57. The van der Waals surface area contributed by atoms with Crippen LogP contribution in [0.5, 0.6) is 0 Å². The molecule has 1 aliphatic carbocycles. The molecule has 1 aliphatic heterocycles. The third kappa shape index (κ3) is 3.83. The van der Waals surface area contributed by atoms with Crippen molar-refractivity contribution < 1.29 is 14.0 Å². The van der Waals surface area contributed by atoms with E-state index < -0.39 is 5.82 Å². The van der Waals surface area contributed by atoms with Crippen LogP contribution in [-0.4, -0.2) is 35.8 Å². The molecule has 1 saturated heterocycles. The second kappa shape index (κ2) is 6.48. The SMILES string of the molecule is CC(=O)N1C[C@@H](NC(=O)Cc2ccc(F)cc2Cl)[C@H](C2CC2)C1. The minimum Gasteiger partial charge on any atom is -0.351 e. The van der Waals surface area contributed by atoms with E-state index in [2.05, 4.69) is 5.32 Å². The molecular formula is C17H20ClFN2O2. The molecule has 4 nitrogen and oxygen atoms in total. The Hall–Kier alpha value is -1.62. The van der Waals surface area contributed by atoms with E-state index >= 15 is 0 Å². The van der Waals surface area contributed by atoms with E-state index in [0.717, 1.165) is 6.54 Å². The number of carbonyl (C=O) groups is 2. The lowest BCUT2D eigenvalue weighted by Crippen LogP contribution is -2.42. The van der Waals surface area contributed by atoms with Gasteiger partial charge in [0.15, 0.2) is 0 Å². The number of hydrogen-bond donors (Lipinski definition) is 1. The van der Waals surface area contributed by atoms with E-state index in [1.54, 1.807) is 11.8 Å². The lowest BCUT2D eigenvalue weighted by molar-refractivity contribution is -0.128. The van der Waals surface area contributed by atoms with E-state index in [1.165, 1.54) is 31.0 Å². The molecule has 2 aliphatic rings. The van der Waals surface area contributed by atoms with Gasteiger partial charge in [0, 0.05) is 31.0 Å². The van der Waals surface area contributed by atoms with Gasteiger partial charge in [0.2, 0.25) is 11.8 Å². The van der Waals surface area contributed by atoms with Crippen LogP contribution in [0, 0.1) is 17.7 Å². The molecule has 0 bridgehead atoms. The molecule has 0 radical (unpaired) electrons. The van der Waals surface area contributed by atoms with Gasteiger partial charge < -0.3 is 10.2 Å². The predicted octanol–water partition coefficient (Wildman–Crippen LogP) is 2.39. The molecule has 1 saturated carbocycles. The molecule has 23 heavy (non-hydrogen) atoms. The Morgan fingerprint density at radius 1 is 1.35 bits per heavy atom. The normalized spacial score (nSPS) is 23.9. The van der Waals surface area contributed by atoms with Gasteiger partial charge in [-0.3, -0.25) is 9.59 Å². The number of hydrogen-bond acceptors (Lipinski definition) is 2. The number of benzene rings is 1. The zero-order valence-electron chi connectivity index (χ0n) is 13.0. The zero-order valence-corrected chi connectivity index (χ0v) is 13.8. The second-order valence-corrected chi connectivity index (χ2v) is 6.92. The van der Waals surface area contributed by atoms with E-state index in [1.807, 2.05) is 0 Å². The summed E-state index contributed by atoms with van der Waals surface area (Å²) in [5.41, 5.74) is 0.606. The highest BCUT2D eigenvalue weighted by molar-refractivity contribution is 6.31. The van der Waals surface area contributed by atoms with Crippen molar-refractivity contribution >= 4 is 23.4 Å². The monoisotopic (exact) mass is 338 g/mol. The van der Waals surface area contributed by atoms with Crippen LogP contribution >= 0.6 is 11.6 Å². The lowest BCUT2D eigenvalue weighted by Gasteiger charge is -2.19. The molecule has 2 atom stereocenters. The summed E-state index contributed by atoms with van der Waals surface area (Å²) in [5, 5.41) is 3.30. The molecule has 0 aromatic heterocycles. The van der Waals surface area contributed by atoms with E-state index in [-0.39, 0.29) is 29.3 Å².